The number of hydrogen-bond acceptors (Lipinski definition) is 3. The highest BCUT2D eigenvalue weighted by atomic mass is 16.5. The van der Waals surface area contributed by atoms with E-state index in [0.717, 1.165) is 25.1 Å². The zero-order valence-electron chi connectivity index (χ0n) is 7.86. The zero-order valence-corrected chi connectivity index (χ0v) is 7.86. The Bertz CT molecular complexity index is 289. The summed E-state index contributed by atoms with van der Waals surface area (Å²) in [6.45, 7) is 2.84. The van der Waals surface area contributed by atoms with Crippen LogP contribution in [-0.2, 0) is 4.74 Å². The van der Waals surface area contributed by atoms with Gasteiger partial charge in [-0.3, -0.25) is 0 Å². The fourth-order valence-corrected chi connectivity index (χ4v) is 1.72. The van der Waals surface area contributed by atoms with E-state index in [1.54, 1.807) is 0 Å². The topological polar surface area (TPSA) is 53.1 Å². The molecule has 1 aliphatic rings. The SMILES string of the molecule is Cc1cc(N)nn1[C@@H]1CCCCO1. The van der Waals surface area contributed by atoms with Crippen molar-refractivity contribution in [1.82, 2.24) is 9.78 Å². The van der Waals surface area contributed by atoms with Gasteiger partial charge in [0.1, 0.15) is 5.82 Å². The first-order chi connectivity index (χ1) is 6.27. The van der Waals surface area contributed by atoms with Crippen molar-refractivity contribution in [2.24, 2.45) is 0 Å². The lowest BCUT2D eigenvalue weighted by Crippen LogP contribution is -2.20. The van der Waals surface area contributed by atoms with E-state index < -0.39 is 0 Å². The molecule has 72 valence electrons. The maximum Gasteiger partial charge on any atom is 0.150 e. The van der Waals surface area contributed by atoms with E-state index in [-0.39, 0.29) is 6.23 Å². The van der Waals surface area contributed by atoms with Crippen molar-refractivity contribution in [3.05, 3.63) is 11.8 Å². The van der Waals surface area contributed by atoms with Gasteiger partial charge in [0.15, 0.2) is 6.23 Å². The van der Waals surface area contributed by atoms with Crippen LogP contribution in [0.3, 0.4) is 0 Å². The Kier molecular flexibility index (Phi) is 2.22. The summed E-state index contributed by atoms with van der Waals surface area (Å²) in [7, 11) is 0. The number of nitrogen functional groups attached to an aromatic ring is 1. The molecule has 1 saturated heterocycles. The molecule has 1 fully saturated rings. The van der Waals surface area contributed by atoms with Gasteiger partial charge in [-0.05, 0) is 26.2 Å². The molecule has 4 heteroatoms. The van der Waals surface area contributed by atoms with Crippen LogP contribution in [0.25, 0.3) is 0 Å². The number of anilines is 1. The summed E-state index contributed by atoms with van der Waals surface area (Å²) >= 11 is 0. The van der Waals surface area contributed by atoms with Crippen molar-refractivity contribution in [3.63, 3.8) is 0 Å². The molecular formula is C9H15N3O. The van der Waals surface area contributed by atoms with Crippen LogP contribution >= 0.6 is 0 Å². The van der Waals surface area contributed by atoms with Crippen LogP contribution in [0.5, 0.6) is 0 Å². The highest BCUT2D eigenvalue weighted by molar-refractivity contribution is 5.28. The van der Waals surface area contributed by atoms with Gasteiger partial charge in [-0.25, -0.2) is 4.68 Å². The molecule has 2 N–H and O–H groups in total. The molecule has 1 aliphatic heterocycles. The van der Waals surface area contributed by atoms with Gasteiger partial charge in [-0.2, -0.15) is 5.10 Å². The molecule has 13 heavy (non-hydrogen) atoms. The molecule has 0 unspecified atom stereocenters. The van der Waals surface area contributed by atoms with Crippen LogP contribution < -0.4 is 5.73 Å². The van der Waals surface area contributed by atoms with E-state index in [2.05, 4.69) is 5.10 Å². The van der Waals surface area contributed by atoms with Gasteiger partial charge in [0.25, 0.3) is 0 Å². The number of ether oxygens (including phenoxy) is 1. The number of aryl methyl sites for hydroxylation is 1. The van der Waals surface area contributed by atoms with Crippen molar-refractivity contribution in [2.75, 3.05) is 12.3 Å². The summed E-state index contributed by atoms with van der Waals surface area (Å²) < 4.78 is 7.49. The molecule has 2 rings (SSSR count). The van der Waals surface area contributed by atoms with Crippen molar-refractivity contribution in [3.8, 4) is 0 Å². The number of aromatic nitrogens is 2. The summed E-state index contributed by atoms with van der Waals surface area (Å²) in [5.74, 6) is 0.576. The average molecular weight is 181 g/mol. The molecule has 0 aliphatic carbocycles. The second-order valence-electron chi connectivity index (χ2n) is 3.48. The molecule has 0 radical (unpaired) electrons. The lowest BCUT2D eigenvalue weighted by atomic mass is 10.2. The van der Waals surface area contributed by atoms with E-state index in [1.807, 2.05) is 17.7 Å². The first kappa shape index (κ1) is 8.56. The summed E-state index contributed by atoms with van der Waals surface area (Å²) in [6, 6.07) is 1.87. The van der Waals surface area contributed by atoms with E-state index in [9.17, 15) is 0 Å². The monoisotopic (exact) mass is 181 g/mol. The lowest BCUT2D eigenvalue weighted by molar-refractivity contribution is -0.0404. The van der Waals surface area contributed by atoms with Gasteiger partial charge in [0, 0.05) is 18.4 Å². The molecule has 1 aromatic rings. The highest BCUT2D eigenvalue weighted by Crippen LogP contribution is 2.23. The normalized spacial score (nSPS) is 23.3. The lowest BCUT2D eigenvalue weighted by Gasteiger charge is -2.23. The quantitative estimate of drug-likeness (QED) is 0.713. The van der Waals surface area contributed by atoms with Crippen LogP contribution in [0, 0.1) is 6.92 Å². The number of nitrogens with two attached hydrogens (primary N) is 1. The van der Waals surface area contributed by atoms with E-state index in [4.69, 9.17) is 10.5 Å². The number of nitrogens with zero attached hydrogens (tertiary/aromatic N) is 2. The van der Waals surface area contributed by atoms with E-state index in [1.165, 1.54) is 6.42 Å². The smallest absolute Gasteiger partial charge is 0.150 e. The van der Waals surface area contributed by atoms with Gasteiger partial charge < -0.3 is 10.5 Å². The van der Waals surface area contributed by atoms with Gasteiger partial charge in [-0.1, -0.05) is 0 Å². The molecule has 4 nitrogen and oxygen atoms in total. The van der Waals surface area contributed by atoms with Crippen molar-refractivity contribution in [1.29, 1.82) is 0 Å². The fraction of sp³-hybridized carbons (Fsp3) is 0.667. The van der Waals surface area contributed by atoms with Gasteiger partial charge in [-0.15, -0.1) is 0 Å². The maximum absolute atomic E-state index is 5.60. The van der Waals surface area contributed by atoms with Gasteiger partial charge >= 0.3 is 0 Å². The van der Waals surface area contributed by atoms with Crippen LogP contribution in [0.4, 0.5) is 5.82 Å². The van der Waals surface area contributed by atoms with Crippen molar-refractivity contribution in [2.45, 2.75) is 32.4 Å². The first-order valence-electron chi connectivity index (χ1n) is 4.70. The van der Waals surface area contributed by atoms with Crippen LogP contribution in [0.1, 0.15) is 31.2 Å². The van der Waals surface area contributed by atoms with Crippen molar-refractivity contribution < 1.29 is 4.74 Å². The molecule has 1 aromatic heterocycles. The Morgan fingerprint density at radius 3 is 3.00 bits per heavy atom. The van der Waals surface area contributed by atoms with Crippen LogP contribution in [-0.4, -0.2) is 16.4 Å². The Labute approximate surface area is 77.7 Å². The molecular weight excluding hydrogens is 166 g/mol. The Balaban J connectivity index is 2.18. The third-order valence-corrected chi connectivity index (χ3v) is 2.37. The summed E-state index contributed by atoms with van der Waals surface area (Å²) in [4.78, 5) is 0. The van der Waals surface area contributed by atoms with Crippen LogP contribution in [0.2, 0.25) is 0 Å². The maximum atomic E-state index is 5.60. The molecule has 0 spiro atoms. The Morgan fingerprint density at radius 2 is 2.46 bits per heavy atom. The summed E-state index contributed by atoms with van der Waals surface area (Å²) in [5.41, 5.74) is 6.67. The molecule has 1 atom stereocenters. The summed E-state index contributed by atoms with van der Waals surface area (Å²) in [6.07, 6.45) is 3.52. The predicted octanol–water partition coefficient (Wildman–Crippen LogP) is 1.47. The van der Waals surface area contributed by atoms with Gasteiger partial charge in [0.2, 0.25) is 0 Å². The minimum atomic E-state index is 0.103. The Hall–Kier alpha value is -1.03. The van der Waals surface area contributed by atoms with Crippen LogP contribution in [0.15, 0.2) is 6.07 Å². The second kappa shape index (κ2) is 3.38. The molecule has 2 heterocycles. The molecule has 0 amide bonds. The first-order valence-corrected chi connectivity index (χ1v) is 4.70. The second-order valence-corrected chi connectivity index (χ2v) is 3.48. The minimum Gasteiger partial charge on any atom is -0.382 e. The average Bonchev–Trinajstić information content (AvgIpc) is 2.47. The third kappa shape index (κ3) is 1.67. The fourth-order valence-electron chi connectivity index (χ4n) is 1.72. The van der Waals surface area contributed by atoms with E-state index in [0.29, 0.717) is 5.82 Å². The highest BCUT2D eigenvalue weighted by Gasteiger charge is 2.17. The molecule has 0 saturated carbocycles. The van der Waals surface area contributed by atoms with Crippen molar-refractivity contribution >= 4 is 5.82 Å². The number of hydrogen-bond donors (Lipinski definition) is 1. The third-order valence-electron chi connectivity index (χ3n) is 2.37. The summed E-state index contributed by atoms with van der Waals surface area (Å²) in [5, 5.41) is 4.20. The standard InChI is InChI=1S/C9H15N3O/c1-7-6-8(10)11-12(7)9-4-2-3-5-13-9/h6,9H,2-5H2,1H3,(H2,10,11)/t9-/m0/s1. The predicted molar refractivity (Wildman–Crippen MR) is 50.2 cm³/mol. The largest absolute Gasteiger partial charge is 0.382 e. The molecule has 0 aromatic carbocycles. The Morgan fingerprint density at radius 1 is 1.62 bits per heavy atom. The zero-order chi connectivity index (χ0) is 9.26. The van der Waals surface area contributed by atoms with Gasteiger partial charge in [0.05, 0.1) is 0 Å². The minimum absolute atomic E-state index is 0.103. The van der Waals surface area contributed by atoms with E-state index >= 15 is 0 Å². The number of rotatable bonds is 1. The molecule has 0 bridgehead atoms.